The van der Waals surface area contributed by atoms with E-state index >= 15 is 0 Å². The number of hydrogen-bond acceptors (Lipinski definition) is 7. The number of likely N-dealkylation sites (tertiary alicyclic amines) is 1. The number of carbonyl (C=O) groups is 7. The number of amides is 7. The van der Waals surface area contributed by atoms with Crippen LogP contribution in [-0.2, 0) is 41.7 Å². The van der Waals surface area contributed by atoms with Crippen molar-refractivity contribution in [3.63, 3.8) is 0 Å². The molecule has 1 aliphatic heterocycles. The van der Waals surface area contributed by atoms with Crippen molar-refractivity contribution in [2.24, 2.45) is 5.73 Å². The summed E-state index contributed by atoms with van der Waals surface area (Å²) in [7, 11) is 0. The number of fused-ring (bicyclic) bond motifs is 1. The number of urea groups is 1. The lowest BCUT2D eigenvalue weighted by atomic mass is 9.96. The summed E-state index contributed by atoms with van der Waals surface area (Å²) >= 11 is 5.66. The highest BCUT2D eigenvalue weighted by Crippen LogP contribution is 2.31. The van der Waals surface area contributed by atoms with Crippen LogP contribution >= 0.6 is 11.6 Å². The van der Waals surface area contributed by atoms with Crippen molar-refractivity contribution >= 4 is 58.7 Å². The lowest BCUT2D eigenvalue weighted by Crippen LogP contribution is -2.60. The van der Waals surface area contributed by atoms with Gasteiger partial charge in [-0.2, -0.15) is 0 Å². The molecule has 15 nitrogen and oxygen atoms in total. The maximum Gasteiger partial charge on any atom is 0.312 e. The number of halogens is 1. The summed E-state index contributed by atoms with van der Waals surface area (Å²) in [6.45, 7) is 2.50. The van der Waals surface area contributed by atoms with Crippen molar-refractivity contribution in [3.8, 4) is 0 Å². The maximum atomic E-state index is 14.2. The molecule has 0 radical (unpaired) electrons. The third-order valence-electron chi connectivity index (χ3n) is 9.67. The fraction of sp³-hybridized carbons (Fsp3) is 0.462. The van der Waals surface area contributed by atoms with Crippen LogP contribution in [-0.4, -0.2) is 94.7 Å². The second-order valence-corrected chi connectivity index (χ2v) is 14.1. The Kier molecular flexibility index (Phi) is 16.0. The number of aryl methyl sites for hydroxylation is 1. The minimum Gasteiger partial charge on any atom is -0.481 e. The molecule has 4 rings (SSSR count). The number of nitrogens with zero attached hydrogens (tertiary/aromatic N) is 1. The molecule has 0 aromatic heterocycles. The Bertz CT molecular complexity index is 1750. The SMILES string of the molecule is Cc1ccc(CNC(=O)[C@H](CCCNC(N)=O)NC(=O)[C@H](CC2=CCc3ccccc32)NC(=O)[C@@H]2CCCCN2C(=O)[C@H](CCC(=O)O)NC(=O)CCl)cc1. The summed E-state index contributed by atoms with van der Waals surface area (Å²) in [6, 6.07) is 10.2. The van der Waals surface area contributed by atoms with Crippen molar-refractivity contribution in [3.05, 3.63) is 76.9 Å². The number of carboxylic acids is 1. The molecular formula is C39H50ClN7O8. The van der Waals surface area contributed by atoms with E-state index in [4.69, 9.17) is 17.3 Å². The van der Waals surface area contributed by atoms with Gasteiger partial charge >= 0.3 is 12.0 Å². The summed E-state index contributed by atoms with van der Waals surface area (Å²) in [6.07, 6.45) is 4.01. The third-order valence-corrected chi connectivity index (χ3v) is 9.91. The van der Waals surface area contributed by atoms with E-state index < -0.39 is 78.0 Å². The average Bonchev–Trinajstić information content (AvgIpc) is 3.58. The molecule has 2 aromatic rings. The predicted octanol–water partition coefficient (Wildman–Crippen LogP) is 2.03. The number of carboxylic acid groups (broad SMARTS) is 1. The van der Waals surface area contributed by atoms with E-state index in [0.717, 1.165) is 27.8 Å². The van der Waals surface area contributed by atoms with E-state index in [-0.39, 0.29) is 45.3 Å². The molecule has 0 saturated carbocycles. The van der Waals surface area contributed by atoms with Gasteiger partial charge in [0.05, 0.1) is 0 Å². The first-order valence-corrected chi connectivity index (χ1v) is 19.0. The Hall–Kier alpha value is -5.44. The van der Waals surface area contributed by atoms with Crippen molar-refractivity contribution < 1.29 is 38.7 Å². The minimum absolute atomic E-state index is 0.0865. The monoisotopic (exact) mass is 779 g/mol. The zero-order valence-corrected chi connectivity index (χ0v) is 31.7. The summed E-state index contributed by atoms with van der Waals surface area (Å²) in [5.74, 6) is -4.57. The number of aliphatic carboxylic acids is 1. The first-order chi connectivity index (χ1) is 26.4. The van der Waals surface area contributed by atoms with Gasteiger partial charge in [0, 0.05) is 32.5 Å². The number of nitrogens with two attached hydrogens (primary N) is 1. The average molecular weight is 780 g/mol. The number of benzene rings is 2. The molecular weight excluding hydrogens is 730 g/mol. The number of alkyl halides is 1. The fourth-order valence-electron chi connectivity index (χ4n) is 6.75. The van der Waals surface area contributed by atoms with Gasteiger partial charge in [-0.05, 0) is 74.1 Å². The van der Waals surface area contributed by atoms with Crippen LogP contribution in [0.15, 0.2) is 54.6 Å². The molecule has 296 valence electrons. The zero-order chi connectivity index (χ0) is 39.9. The van der Waals surface area contributed by atoms with E-state index in [0.29, 0.717) is 25.7 Å². The highest BCUT2D eigenvalue weighted by atomic mass is 35.5. The van der Waals surface area contributed by atoms with Crippen molar-refractivity contribution in [2.45, 2.75) is 95.4 Å². The smallest absolute Gasteiger partial charge is 0.312 e. The van der Waals surface area contributed by atoms with Gasteiger partial charge in [0.15, 0.2) is 0 Å². The standard InChI is InChI=1S/C39H50ClN7O8/c1-24-11-13-25(14-12-24)23-43-35(51)29(9-6-19-42-39(41)55)45-36(52)31(21-27-16-15-26-7-2-3-8-28(26)27)46-37(53)32-10-4-5-20-47(32)38(54)30(17-18-34(49)50)44-33(48)22-40/h2-3,7-8,11-14,16,29-32H,4-6,9-10,15,17-23H2,1H3,(H,43,51)(H,44,48)(H,45,52)(H,46,53)(H,49,50)(H3,41,42,55)/t29-,30-,31-,32-/m0/s1. The highest BCUT2D eigenvalue weighted by Gasteiger charge is 2.38. The number of hydrogen-bond donors (Lipinski definition) is 7. The molecule has 1 fully saturated rings. The van der Waals surface area contributed by atoms with E-state index in [1.807, 2.05) is 61.5 Å². The van der Waals surface area contributed by atoms with Crippen LogP contribution in [0.1, 0.15) is 73.6 Å². The Morgan fingerprint density at radius 2 is 1.64 bits per heavy atom. The van der Waals surface area contributed by atoms with Crippen LogP contribution in [0.5, 0.6) is 0 Å². The first-order valence-electron chi connectivity index (χ1n) is 18.5. The second-order valence-electron chi connectivity index (χ2n) is 13.8. The number of piperidine rings is 1. The van der Waals surface area contributed by atoms with Crippen molar-refractivity contribution in [1.29, 1.82) is 0 Å². The first kappa shape index (κ1) is 42.3. The summed E-state index contributed by atoms with van der Waals surface area (Å²) < 4.78 is 0. The lowest BCUT2D eigenvalue weighted by Gasteiger charge is -2.37. The summed E-state index contributed by atoms with van der Waals surface area (Å²) in [5.41, 5.74) is 9.96. The van der Waals surface area contributed by atoms with E-state index in [2.05, 4.69) is 26.6 Å². The molecule has 55 heavy (non-hydrogen) atoms. The van der Waals surface area contributed by atoms with Gasteiger partial charge in [-0.1, -0.05) is 60.2 Å². The van der Waals surface area contributed by atoms with Gasteiger partial charge in [-0.3, -0.25) is 28.8 Å². The normalized spacial score (nSPS) is 16.4. The topological polar surface area (TPSA) is 229 Å². The van der Waals surface area contributed by atoms with Crippen LogP contribution < -0.4 is 32.3 Å². The van der Waals surface area contributed by atoms with Crippen molar-refractivity contribution in [2.75, 3.05) is 19.0 Å². The number of allylic oxidation sites excluding steroid dienone is 1. The Morgan fingerprint density at radius 3 is 2.35 bits per heavy atom. The Labute approximate surface area is 325 Å². The van der Waals surface area contributed by atoms with E-state index in [1.165, 1.54) is 4.90 Å². The fourth-order valence-corrected chi connectivity index (χ4v) is 6.83. The lowest BCUT2D eigenvalue weighted by molar-refractivity contribution is -0.146. The third kappa shape index (κ3) is 12.8. The molecule has 0 bridgehead atoms. The van der Waals surface area contributed by atoms with E-state index in [1.54, 1.807) is 0 Å². The van der Waals surface area contributed by atoms with E-state index in [9.17, 15) is 38.7 Å². The van der Waals surface area contributed by atoms with Gasteiger partial charge < -0.3 is 42.3 Å². The molecule has 2 aliphatic rings. The maximum absolute atomic E-state index is 14.2. The molecule has 8 N–H and O–H groups in total. The highest BCUT2D eigenvalue weighted by molar-refractivity contribution is 6.27. The van der Waals surface area contributed by atoms with Crippen LogP contribution in [0.3, 0.4) is 0 Å². The molecule has 7 amide bonds. The Morgan fingerprint density at radius 1 is 0.891 bits per heavy atom. The minimum atomic E-state index is -1.22. The largest absolute Gasteiger partial charge is 0.481 e. The number of primary amides is 1. The number of carbonyl (C=O) groups excluding carboxylic acids is 6. The molecule has 16 heteroatoms. The van der Waals surface area contributed by atoms with Crippen LogP contribution in [0, 0.1) is 6.92 Å². The summed E-state index contributed by atoms with van der Waals surface area (Å²) in [4.78, 5) is 91.9. The molecule has 1 saturated heterocycles. The number of nitrogens with one attached hydrogen (secondary N) is 5. The van der Waals surface area contributed by atoms with Crippen LogP contribution in [0.25, 0.3) is 5.57 Å². The number of rotatable bonds is 19. The quantitative estimate of drug-likeness (QED) is 0.0823. The molecule has 1 heterocycles. The van der Waals surface area contributed by atoms with Crippen molar-refractivity contribution in [1.82, 2.24) is 31.5 Å². The van der Waals surface area contributed by atoms with Gasteiger partial charge in [0.2, 0.25) is 29.5 Å². The second kappa shape index (κ2) is 20.9. The molecule has 0 unspecified atom stereocenters. The van der Waals surface area contributed by atoms with Crippen LogP contribution in [0.2, 0.25) is 0 Å². The predicted molar refractivity (Wildman–Crippen MR) is 205 cm³/mol. The van der Waals surface area contributed by atoms with Gasteiger partial charge in [0.25, 0.3) is 0 Å². The van der Waals surface area contributed by atoms with Crippen LogP contribution in [0.4, 0.5) is 4.79 Å². The zero-order valence-electron chi connectivity index (χ0n) is 30.9. The van der Waals surface area contributed by atoms with Gasteiger partial charge in [-0.15, -0.1) is 11.6 Å². The van der Waals surface area contributed by atoms with Gasteiger partial charge in [0.1, 0.15) is 30.0 Å². The molecule has 2 aromatic carbocycles. The molecule has 1 aliphatic carbocycles. The molecule has 4 atom stereocenters. The summed E-state index contributed by atoms with van der Waals surface area (Å²) in [5, 5.41) is 22.8. The Balaban J connectivity index is 1.57. The molecule has 0 spiro atoms. The van der Waals surface area contributed by atoms with Gasteiger partial charge in [-0.25, -0.2) is 4.79 Å².